The molecule has 13 heavy (non-hydrogen) atoms. The van der Waals surface area contributed by atoms with E-state index in [1.54, 1.807) is 13.3 Å². The lowest BCUT2D eigenvalue weighted by molar-refractivity contribution is 0.287. The molecular formula is C10H16BrNO. The first kappa shape index (κ1) is 12.4. The third-order valence-electron chi connectivity index (χ3n) is 1.41. The zero-order chi connectivity index (χ0) is 10.1. The second-order valence-corrected chi connectivity index (χ2v) is 3.38. The first-order valence-electron chi connectivity index (χ1n) is 4.34. The number of rotatable bonds is 5. The van der Waals surface area contributed by atoms with Crippen LogP contribution in [0.15, 0.2) is 27.5 Å². The van der Waals surface area contributed by atoms with E-state index in [0.717, 1.165) is 17.3 Å². The van der Waals surface area contributed by atoms with Crippen molar-refractivity contribution in [1.82, 2.24) is 0 Å². The first-order valence-corrected chi connectivity index (χ1v) is 5.13. The number of halogens is 1. The monoisotopic (exact) mass is 245 g/mol. The number of ether oxygens (including phenoxy) is 1. The lowest BCUT2D eigenvalue weighted by Gasteiger charge is -1.98. The molecule has 74 valence electrons. The minimum atomic E-state index is 0.667. The molecule has 0 rings (SSSR count). The maximum Gasteiger partial charge on any atom is 0.208 e. The highest BCUT2D eigenvalue weighted by Crippen LogP contribution is 2.05. The molecule has 0 aromatic rings. The summed E-state index contributed by atoms with van der Waals surface area (Å²) in [5.41, 5.74) is 0. The molecule has 0 saturated heterocycles. The van der Waals surface area contributed by atoms with E-state index in [-0.39, 0.29) is 0 Å². The van der Waals surface area contributed by atoms with Gasteiger partial charge in [-0.3, -0.25) is 0 Å². The maximum atomic E-state index is 5.06. The summed E-state index contributed by atoms with van der Waals surface area (Å²) in [5.74, 6) is 0.667. The molecule has 0 aliphatic carbocycles. The van der Waals surface area contributed by atoms with Crippen molar-refractivity contribution in [3.05, 3.63) is 22.5 Å². The molecule has 0 fully saturated rings. The van der Waals surface area contributed by atoms with Crippen LogP contribution in [0.25, 0.3) is 0 Å². The van der Waals surface area contributed by atoms with E-state index in [1.807, 2.05) is 19.1 Å². The third kappa shape index (κ3) is 6.58. The van der Waals surface area contributed by atoms with Gasteiger partial charge in [-0.15, -0.1) is 0 Å². The summed E-state index contributed by atoms with van der Waals surface area (Å²) in [6, 6.07) is 0. The molecule has 3 heteroatoms. The summed E-state index contributed by atoms with van der Waals surface area (Å²) in [7, 11) is 1.63. The van der Waals surface area contributed by atoms with Crippen LogP contribution < -0.4 is 0 Å². The van der Waals surface area contributed by atoms with Crippen molar-refractivity contribution in [2.45, 2.75) is 26.7 Å². The molecule has 0 bridgehead atoms. The molecule has 0 aromatic heterocycles. The van der Waals surface area contributed by atoms with E-state index < -0.39 is 0 Å². The van der Waals surface area contributed by atoms with Crippen molar-refractivity contribution in [2.75, 3.05) is 7.11 Å². The van der Waals surface area contributed by atoms with Gasteiger partial charge < -0.3 is 4.74 Å². The first-order chi connectivity index (χ1) is 6.24. The van der Waals surface area contributed by atoms with Crippen molar-refractivity contribution in [1.29, 1.82) is 0 Å². The van der Waals surface area contributed by atoms with Crippen molar-refractivity contribution in [3.63, 3.8) is 0 Å². The number of methoxy groups -OCH3 is 1. The summed E-state index contributed by atoms with van der Waals surface area (Å²) < 4.78 is 6.01. The molecule has 0 spiro atoms. The summed E-state index contributed by atoms with van der Waals surface area (Å²) >= 11 is 3.33. The Morgan fingerprint density at radius 2 is 2.23 bits per heavy atom. The van der Waals surface area contributed by atoms with Gasteiger partial charge in [-0.2, -0.15) is 0 Å². The predicted octanol–water partition coefficient (Wildman–Crippen LogP) is 3.64. The van der Waals surface area contributed by atoms with Gasteiger partial charge in [0.05, 0.1) is 7.11 Å². The fourth-order valence-electron chi connectivity index (χ4n) is 0.656. The third-order valence-corrected chi connectivity index (χ3v) is 2.07. The zero-order valence-corrected chi connectivity index (χ0v) is 9.97. The van der Waals surface area contributed by atoms with Crippen LogP contribution in [-0.4, -0.2) is 13.3 Å². The largest absolute Gasteiger partial charge is 0.481 e. The van der Waals surface area contributed by atoms with Gasteiger partial charge in [0.2, 0.25) is 5.88 Å². The zero-order valence-electron chi connectivity index (χ0n) is 8.38. The van der Waals surface area contributed by atoms with Gasteiger partial charge in [-0.05, 0) is 35.4 Å². The van der Waals surface area contributed by atoms with Crippen LogP contribution in [0.4, 0.5) is 0 Å². The molecule has 0 amide bonds. The molecular weight excluding hydrogens is 230 g/mol. The molecule has 0 unspecified atom stereocenters. The Morgan fingerprint density at radius 3 is 2.69 bits per heavy atom. The standard InChI is InChI=1S/C10H16BrNO/c1-4-6-7-10(13-3)12-8-9(11)5-2/h5,7-8H,4,6H2,1-3H3/b9-5+,10-7-,12-8+. The minimum absolute atomic E-state index is 0.667. The molecule has 0 aliphatic rings. The van der Waals surface area contributed by atoms with E-state index in [2.05, 4.69) is 27.8 Å². The van der Waals surface area contributed by atoms with Crippen LogP contribution in [-0.2, 0) is 4.74 Å². The minimum Gasteiger partial charge on any atom is -0.481 e. The smallest absolute Gasteiger partial charge is 0.208 e. The molecule has 0 aliphatic heterocycles. The highest BCUT2D eigenvalue weighted by atomic mass is 79.9. The second kappa shape index (κ2) is 8.05. The Hall–Kier alpha value is -0.570. The highest BCUT2D eigenvalue weighted by Gasteiger charge is 1.89. The van der Waals surface area contributed by atoms with Gasteiger partial charge in [0.1, 0.15) is 0 Å². The molecule has 0 N–H and O–H groups in total. The Morgan fingerprint density at radius 1 is 1.54 bits per heavy atom. The second-order valence-electron chi connectivity index (χ2n) is 2.47. The lowest BCUT2D eigenvalue weighted by Crippen LogP contribution is -1.84. The average molecular weight is 246 g/mol. The maximum absolute atomic E-state index is 5.06. The molecule has 0 saturated carbocycles. The number of unbranched alkanes of at least 4 members (excludes halogenated alkanes) is 1. The van der Waals surface area contributed by atoms with Crippen LogP contribution >= 0.6 is 15.9 Å². The molecule has 2 nitrogen and oxygen atoms in total. The normalized spacial score (nSPS) is 13.8. The molecule has 0 heterocycles. The number of hydrogen-bond donors (Lipinski definition) is 0. The summed E-state index contributed by atoms with van der Waals surface area (Å²) in [4.78, 5) is 4.15. The van der Waals surface area contributed by atoms with E-state index >= 15 is 0 Å². The van der Waals surface area contributed by atoms with Crippen LogP contribution in [0.1, 0.15) is 26.7 Å². The predicted molar refractivity (Wildman–Crippen MR) is 61.2 cm³/mol. The van der Waals surface area contributed by atoms with Crippen molar-refractivity contribution in [2.24, 2.45) is 4.99 Å². The SMILES string of the molecule is C\C=C(Br)/C=N/C(=C/CCC)OC. The Bertz CT molecular complexity index is 219. The van der Waals surface area contributed by atoms with E-state index in [0.29, 0.717) is 5.88 Å². The average Bonchev–Trinajstić information content (AvgIpc) is 2.17. The van der Waals surface area contributed by atoms with Crippen LogP contribution in [0.5, 0.6) is 0 Å². The lowest BCUT2D eigenvalue weighted by atomic mass is 10.3. The number of hydrogen-bond acceptors (Lipinski definition) is 2. The summed E-state index contributed by atoms with van der Waals surface area (Å²) in [6.07, 6.45) is 7.73. The Balaban J connectivity index is 4.19. The van der Waals surface area contributed by atoms with Gasteiger partial charge in [0, 0.05) is 10.7 Å². The van der Waals surface area contributed by atoms with E-state index in [4.69, 9.17) is 4.74 Å². The number of nitrogens with zero attached hydrogens (tertiary/aromatic N) is 1. The Labute approximate surface area is 88.5 Å². The number of aliphatic imine (C=N–C) groups is 1. The van der Waals surface area contributed by atoms with Crippen molar-refractivity contribution >= 4 is 22.1 Å². The van der Waals surface area contributed by atoms with E-state index in [9.17, 15) is 0 Å². The Kier molecular flexibility index (Phi) is 7.69. The summed E-state index contributed by atoms with van der Waals surface area (Å²) in [6.45, 7) is 4.06. The molecule has 0 radical (unpaired) electrons. The van der Waals surface area contributed by atoms with Gasteiger partial charge in [0.15, 0.2) is 0 Å². The van der Waals surface area contributed by atoms with Gasteiger partial charge >= 0.3 is 0 Å². The molecule has 0 aromatic carbocycles. The highest BCUT2D eigenvalue weighted by molar-refractivity contribution is 9.12. The van der Waals surface area contributed by atoms with Gasteiger partial charge in [-0.25, -0.2) is 4.99 Å². The van der Waals surface area contributed by atoms with Crippen LogP contribution in [0.2, 0.25) is 0 Å². The number of allylic oxidation sites excluding steroid dienone is 3. The quantitative estimate of drug-likeness (QED) is 0.536. The summed E-state index contributed by atoms with van der Waals surface area (Å²) in [5, 5.41) is 0. The van der Waals surface area contributed by atoms with Gasteiger partial charge in [-0.1, -0.05) is 19.4 Å². The van der Waals surface area contributed by atoms with Crippen molar-refractivity contribution < 1.29 is 4.74 Å². The topological polar surface area (TPSA) is 21.6 Å². The fourth-order valence-corrected chi connectivity index (χ4v) is 0.759. The fraction of sp³-hybridized carbons (Fsp3) is 0.500. The van der Waals surface area contributed by atoms with Crippen molar-refractivity contribution in [3.8, 4) is 0 Å². The van der Waals surface area contributed by atoms with E-state index in [1.165, 1.54) is 0 Å². The van der Waals surface area contributed by atoms with Gasteiger partial charge in [0.25, 0.3) is 0 Å². The van der Waals surface area contributed by atoms with Crippen LogP contribution in [0.3, 0.4) is 0 Å². The van der Waals surface area contributed by atoms with Crippen LogP contribution in [0, 0.1) is 0 Å². The molecule has 0 atom stereocenters.